The van der Waals surface area contributed by atoms with Crippen molar-refractivity contribution >= 4 is 21.6 Å². The molecule has 0 fully saturated rings. The van der Waals surface area contributed by atoms with E-state index in [0.29, 0.717) is 6.54 Å². The lowest BCUT2D eigenvalue weighted by molar-refractivity contribution is 0.712. The van der Waals surface area contributed by atoms with Crippen molar-refractivity contribution < 1.29 is 0 Å². The fourth-order valence-electron chi connectivity index (χ4n) is 3.48. The first-order valence-electron chi connectivity index (χ1n) is 8.27. The quantitative estimate of drug-likeness (QED) is 0.666. The zero-order valence-electron chi connectivity index (χ0n) is 13.3. The van der Waals surface area contributed by atoms with Gasteiger partial charge in [-0.05, 0) is 43.7 Å². The van der Waals surface area contributed by atoms with Crippen LogP contribution in [0.25, 0.3) is 10.2 Å². The molecule has 2 aromatic heterocycles. The van der Waals surface area contributed by atoms with Crippen molar-refractivity contribution in [1.82, 2.24) is 9.55 Å². The number of aryl methyl sites for hydroxylation is 3. The molecule has 0 unspecified atom stereocenters. The minimum atomic E-state index is 0.121. The summed E-state index contributed by atoms with van der Waals surface area (Å²) in [6, 6.07) is 8.31. The van der Waals surface area contributed by atoms with Crippen LogP contribution < -0.4 is 5.56 Å². The van der Waals surface area contributed by atoms with Crippen LogP contribution >= 0.6 is 11.3 Å². The van der Waals surface area contributed by atoms with Crippen LogP contribution in [0, 0.1) is 6.92 Å². The molecule has 0 bridgehead atoms. The van der Waals surface area contributed by atoms with Gasteiger partial charge in [0, 0.05) is 4.88 Å². The molecular weight excluding hydrogens is 304 g/mol. The van der Waals surface area contributed by atoms with E-state index in [-0.39, 0.29) is 5.56 Å². The van der Waals surface area contributed by atoms with Crippen LogP contribution in [0.2, 0.25) is 0 Å². The van der Waals surface area contributed by atoms with Gasteiger partial charge < -0.3 is 0 Å². The summed E-state index contributed by atoms with van der Waals surface area (Å²) in [6.07, 6.45) is 7.53. The minimum absolute atomic E-state index is 0.121. The van der Waals surface area contributed by atoms with E-state index in [1.54, 1.807) is 22.2 Å². The van der Waals surface area contributed by atoms with E-state index in [2.05, 4.69) is 30.1 Å². The van der Waals surface area contributed by atoms with Crippen LogP contribution in [0.5, 0.6) is 0 Å². The lowest BCUT2D eigenvalue weighted by Crippen LogP contribution is -2.21. The summed E-state index contributed by atoms with van der Waals surface area (Å²) in [5, 5.41) is 0.877. The maximum Gasteiger partial charge on any atom is 0.262 e. The molecule has 0 radical (unpaired) electrons. The molecule has 3 aromatic rings. The van der Waals surface area contributed by atoms with Crippen molar-refractivity contribution in [3.8, 4) is 0 Å². The highest BCUT2D eigenvalue weighted by Gasteiger charge is 2.19. The van der Waals surface area contributed by atoms with Gasteiger partial charge in [0.05, 0.1) is 18.3 Å². The highest BCUT2D eigenvalue weighted by Crippen LogP contribution is 2.32. The number of fused-ring (bicyclic) bond motifs is 3. The number of aromatic nitrogens is 2. The number of thiophene rings is 1. The number of hydrogen-bond donors (Lipinski definition) is 0. The van der Waals surface area contributed by atoms with Crippen molar-refractivity contribution in [1.29, 1.82) is 0 Å². The normalized spacial score (nSPS) is 14.7. The predicted molar refractivity (Wildman–Crippen MR) is 95.4 cm³/mol. The van der Waals surface area contributed by atoms with Crippen molar-refractivity contribution in [3.05, 3.63) is 62.5 Å². The lowest BCUT2D eigenvalue weighted by atomic mass is 10.1. The standard InChI is InChI=1S/C19H20N2OS/c1-13-6-5-7-14(10-13)11-21-12-20-18-17(19(21)22)15-8-3-2-4-9-16(15)23-18/h5-7,10,12H,2-4,8-9,11H2,1H3. The van der Waals surface area contributed by atoms with Crippen LogP contribution in [-0.4, -0.2) is 9.55 Å². The Kier molecular flexibility index (Phi) is 3.77. The number of rotatable bonds is 2. The summed E-state index contributed by atoms with van der Waals surface area (Å²) in [5.41, 5.74) is 3.76. The van der Waals surface area contributed by atoms with Gasteiger partial charge in [-0.1, -0.05) is 36.2 Å². The molecule has 4 heteroatoms. The molecule has 0 spiro atoms. The molecule has 0 saturated carbocycles. The van der Waals surface area contributed by atoms with Gasteiger partial charge in [0.25, 0.3) is 5.56 Å². The number of hydrogen-bond acceptors (Lipinski definition) is 3. The van der Waals surface area contributed by atoms with E-state index in [0.717, 1.165) is 28.6 Å². The Morgan fingerprint density at radius 2 is 2.09 bits per heavy atom. The van der Waals surface area contributed by atoms with E-state index in [1.807, 2.05) is 6.07 Å². The zero-order valence-corrected chi connectivity index (χ0v) is 14.2. The number of benzene rings is 1. The van der Waals surface area contributed by atoms with Gasteiger partial charge in [-0.2, -0.15) is 0 Å². The molecule has 0 amide bonds. The first kappa shape index (κ1) is 14.6. The topological polar surface area (TPSA) is 34.9 Å². The monoisotopic (exact) mass is 324 g/mol. The third-order valence-corrected chi connectivity index (χ3v) is 5.83. The van der Waals surface area contributed by atoms with Crippen molar-refractivity contribution in [2.24, 2.45) is 0 Å². The van der Waals surface area contributed by atoms with Gasteiger partial charge >= 0.3 is 0 Å². The largest absolute Gasteiger partial charge is 0.294 e. The third-order valence-electron chi connectivity index (χ3n) is 4.63. The second-order valence-corrected chi connectivity index (χ2v) is 7.49. The van der Waals surface area contributed by atoms with Gasteiger partial charge in [0.15, 0.2) is 0 Å². The molecule has 0 aliphatic heterocycles. The van der Waals surface area contributed by atoms with E-state index >= 15 is 0 Å². The minimum Gasteiger partial charge on any atom is -0.294 e. The van der Waals surface area contributed by atoms with Gasteiger partial charge in [0.1, 0.15) is 4.83 Å². The summed E-state index contributed by atoms with van der Waals surface area (Å²) >= 11 is 1.72. The molecule has 118 valence electrons. The Bertz CT molecular complexity index is 923. The highest BCUT2D eigenvalue weighted by molar-refractivity contribution is 7.18. The molecule has 2 heterocycles. The van der Waals surface area contributed by atoms with Crippen LogP contribution in [-0.2, 0) is 19.4 Å². The SMILES string of the molecule is Cc1cccc(Cn2cnc3sc4c(c3c2=O)CCCCC4)c1. The molecule has 1 aliphatic rings. The second kappa shape index (κ2) is 5.93. The predicted octanol–water partition coefficient (Wildman–Crippen LogP) is 4.08. The van der Waals surface area contributed by atoms with Crippen molar-refractivity contribution in [2.45, 2.75) is 45.6 Å². The van der Waals surface area contributed by atoms with Crippen LogP contribution in [0.15, 0.2) is 35.4 Å². The Hall–Kier alpha value is -1.94. The zero-order chi connectivity index (χ0) is 15.8. The van der Waals surface area contributed by atoms with E-state index in [1.165, 1.54) is 35.3 Å². The fraction of sp³-hybridized carbons (Fsp3) is 0.368. The Morgan fingerprint density at radius 3 is 2.96 bits per heavy atom. The molecule has 0 saturated heterocycles. The molecule has 3 nitrogen and oxygen atoms in total. The maximum atomic E-state index is 13.0. The maximum absolute atomic E-state index is 13.0. The Labute approximate surface area is 139 Å². The smallest absolute Gasteiger partial charge is 0.262 e. The van der Waals surface area contributed by atoms with Crippen molar-refractivity contribution in [2.75, 3.05) is 0 Å². The third kappa shape index (κ3) is 2.72. The average molecular weight is 324 g/mol. The number of nitrogens with zero attached hydrogens (tertiary/aromatic N) is 2. The highest BCUT2D eigenvalue weighted by atomic mass is 32.1. The van der Waals surface area contributed by atoms with Crippen LogP contribution in [0.4, 0.5) is 0 Å². The van der Waals surface area contributed by atoms with Gasteiger partial charge in [-0.3, -0.25) is 9.36 Å². The Morgan fingerprint density at radius 1 is 1.22 bits per heavy atom. The second-order valence-electron chi connectivity index (χ2n) is 6.41. The molecule has 4 rings (SSSR count). The van der Waals surface area contributed by atoms with E-state index in [9.17, 15) is 4.79 Å². The van der Waals surface area contributed by atoms with Crippen LogP contribution in [0.1, 0.15) is 40.8 Å². The summed E-state index contributed by atoms with van der Waals surface area (Å²) in [4.78, 5) is 19.9. The summed E-state index contributed by atoms with van der Waals surface area (Å²) in [7, 11) is 0. The van der Waals surface area contributed by atoms with E-state index < -0.39 is 0 Å². The first-order valence-corrected chi connectivity index (χ1v) is 9.09. The molecule has 23 heavy (non-hydrogen) atoms. The molecule has 1 aliphatic carbocycles. The van der Waals surface area contributed by atoms with Gasteiger partial charge in [-0.25, -0.2) is 4.98 Å². The van der Waals surface area contributed by atoms with Gasteiger partial charge in [-0.15, -0.1) is 11.3 Å². The van der Waals surface area contributed by atoms with Crippen LogP contribution in [0.3, 0.4) is 0 Å². The summed E-state index contributed by atoms with van der Waals surface area (Å²) in [5.74, 6) is 0. The molecular formula is C19H20N2OS. The van der Waals surface area contributed by atoms with Crippen molar-refractivity contribution in [3.63, 3.8) is 0 Å². The fourth-order valence-corrected chi connectivity index (χ4v) is 4.70. The molecule has 1 aromatic carbocycles. The molecule has 0 atom stereocenters. The average Bonchev–Trinajstić information content (AvgIpc) is 2.73. The summed E-state index contributed by atoms with van der Waals surface area (Å²) < 4.78 is 1.76. The summed E-state index contributed by atoms with van der Waals surface area (Å²) in [6.45, 7) is 2.67. The lowest BCUT2D eigenvalue weighted by Gasteiger charge is -2.07. The molecule has 0 N–H and O–H groups in total. The van der Waals surface area contributed by atoms with Gasteiger partial charge in [0.2, 0.25) is 0 Å². The first-order chi connectivity index (χ1) is 11.2. The Balaban J connectivity index is 1.81. The van der Waals surface area contributed by atoms with E-state index in [4.69, 9.17) is 0 Å².